The number of hydrogen-bond donors (Lipinski definition) is 2. The van der Waals surface area contributed by atoms with Crippen molar-refractivity contribution in [1.82, 2.24) is 10.6 Å². The van der Waals surface area contributed by atoms with E-state index in [0.717, 1.165) is 26.1 Å². The van der Waals surface area contributed by atoms with Crippen LogP contribution in [0.25, 0.3) is 0 Å². The van der Waals surface area contributed by atoms with E-state index in [1.54, 1.807) is 0 Å². The molecule has 0 spiro atoms. The molecule has 1 aromatic rings. The Balaban J connectivity index is 1.45. The second-order valence-electron chi connectivity index (χ2n) is 7.03. The molecule has 22 heavy (non-hydrogen) atoms. The highest BCUT2D eigenvalue weighted by Crippen LogP contribution is 2.32. The lowest BCUT2D eigenvalue weighted by Gasteiger charge is -2.28. The molecular weight excluding hydrogens is 272 g/mol. The largest absolute Gasteiger partial charge is 0.355 e. The molecule has 1 aromatic carbocycles. The summed E-state index contributed by atoms with van der Waals surface area (Å²) in [6, 6.07) is 8.65. The molecule has 1 aliphatic heterocycles. The fraction of sp³-hybridized carbons (Fsp3) is 0.632. The van der Waals surface area contributed by atoms with E-state index in [9.17, 15) is 4.79 Å². The van der Waals surface area contributed by atoms with Crippen LogP contribution in [-0.2, 0) is 11.2 Å². The van der Waals surface area contributed by atoms with Gasteiger partial charge in [-0.2, -0.15) is 0 Å². The Bertz CT molecular complexity index is 508. The van der Waals surface area contributed by atoms with Gasteiger partial charge >= 0.3 is 0 Å². The lowest BCUT2D eigenvalue weighted by Crippen LogP contribution is -2.36. The van der Waals surface area contributed by atoms with Gasteiger partial charge in [0.05, 0.1) is 0 Å². The van der Waals surface area contributed by atoms with E-state index in [2.05, 4.69) is 41.8 Å². The highest BCUT2D eigenvalue weighted by molar-refractivity contribution is 5.76. The molecule has 0 radical (unpaired) electrons. The van der Waals surface area contributed by atoms with Crippen LogP contribution in [0.4, 0.5) is 0 Å². The molecule has 120 valence electrons. The van der Waals surface area contributed by atoms with Gasteiger partial charge in [0.1, 0.15) is 0 Å². The minimum Gasteiger partial charge on any atom is -0.355 e. The quantitative estimate of drug-likeness (QED) is 0.878. The Morgan fingerprint density at radius 3 is 3.05 bits per heavy atom. The van der Waals surface area contributed by atoms with Crippen molar-refractivity contribution in [1.29, 1.82) is 0 Å². The lowest BCUT2D eigenvalue weighted by atomic mass is 9.85. The van der Waals surface area contributed by atoms with Crippen molar-refractivity contribution in [2.75, 3.05) is 19.6 Å². The van der Waals surface area contributed by atoms with Crippen LogP contribution in [0.5, 0.6) is 0 Å². The second-order valence-corrected chi connectivity index (χ2v) is 7.03. The first kappa shape index (κ1) is 15.5. The topological polar surface area (TPSA) is 41.1 Å². The maximum atomic E-state index is 12.2. The maximum absolute atomic E-state index is 12.2. The summed E-state index contributed by atoms with van der Waals surface area (Å²) in [5.41, 5.74) is 2.90. The van der Waals surface area contributed by atoms with Crippen molar-refractivity contribution < 1.29 is 4.79 Å². The highest BCUT2D eigenvalue weighted by atomic mass is 16.1. The van der Waals surface area contributed by atoms with Crippen LogP contribution >= 0.6 is 0 Å². The van der Waals surface area contributed by atoms with E-state index in [-0.39, 0.29) is 5.91 Å². The van der Waals surface area contributed by atoms with Crippen LogP contribution in [-0.4, -0.2) is 25.5 Å². The monoisotopic (exact) mass is 300 g/mol. The number of rotatable bonds is 5. The standard InChI is InChI=1S/C19H28N2O/c1-14(16-6-4-10-20-12-16)11-19(22)21-13-17-9-8-15-5-2-3-7-18(15)17/h2-3,5,7,14,16-17,20H,4,6,8-13H2,1H3,(H,21,22). The summed E-state index contributed by atoms with van der Waals surface area (Å²) >= 11 is 0. The number of hydrogen-bond acceptors (Lipinski definition) is 2. The van der Waals surface area contributed by atoms with Gasteiger partial charge < -0.3 is 10.6 Å². The Hall–Kier alpha value is -1.35. The van der Waals surface area contributed by atoms with E-state index >= 15 is 0 Å². The number of carbonyl (C=O) groups excluding carboxylic acids is 1. The summed E-state index contributed by atoms with van der Waals surface area (Å²) in [6.07, 6.45) is 5.50. The van der Waals surface area contributed by atoms with Crippen molar-refractivity contribution >= 4 is 5.91 Å². The van der Waals surface area contributed by atoms with Gasteiger partial charge in [-0.15, -0.1) is 0 Å². The number of aryl methyl sites for hydroxylation is 1. The zero-order valence-electron chi connectivity index (χ0n) is 13.6. The van der Waals surface area contributed by atoms with Crippen LogP contribution in [0.3, 0.4) is 0 Å². The van der Waals surface area contributed by atoms with Gasteiger partial charge in [0.15, 0.2) is 0 Å². The molecule has 1 amide bonds. The Labute approximate surface area is 133 Å². The number of benzene rings is 1. The number of carbonyl (C=O) groups is 1. The number of amides is 1. The number of fused-ring (bicyclic) bond motifs is 1. The first-order valence-corrected chi connectivity index (χ1v) is 8.79. The summed E-state index contributed by atoms with van der Waals surface area (Å²) < 4.78 is 0. The Morgan fingerprint density at radius 2 is 2.23 bits per heavy atom. The molecule has 3 unspecified atom stereocenters. The van der Waals surface area contributed by atoms with Gasteiger partial charge in [-0.1, -0.05) is 31.2 Å². The van der Waals surface area contributed by atoms with Crippen LogP contribution in [0, 0.1) is 11.8 Å². The minimum absolute atomic E-state index is 0.224. The molecule has 1 saturated heterocycles. The van der Waals surface area contributed by atoms with Crippen LogP contribution < -0.4 is 10.6 Å². The molecular formula is C19H28N2O. The van der Waals surface area contributed by atoms with E-state index in [1.165, 1.54) is 30.4 Å². The fourth-order valence-electron chi connectivity index (χ4n) is 3.99. The van der Waals surface area contributed by atoms with Gasteiger partial charge in [0.25, 0.3) is 0 Å². The van der Waals surface area contributed by atoms with Crippen LogP contribution in [0.1, 0.15) is 49.7 Å². The molecule has 1 aliphatic carbocycles. The van der Waals surface area contributed by atoms with Crippen molar-refractivity contribution in [2.24, 2.45) is 11.8 Å². The van der Waals surface area contributed by atoms with Gasteiger partial charge in [-0.05, 0) is 61.7 Å². The predicted molar refractivity (Wildman–Crippen MR) is 89.9 cm³/mol. The summed E-state index contributed by atoms with van der Waals surface area (Å²) in [6.45, 7) is 5.23. The maximum Gasteiger partial charge on any atom is 0.220 e. The van der Waals surface area contributed by atoms with Gasteiger partial charge in [0, 0.05) is 18.9 Å². The Morgan fingerprint density at radius 1 is 1.36 bits per heavy atom. The van der Waals surface area contributed by atoms with Gasteiger partial charge in [0.2, 0.25) is 5.91 Å². The van der Waals surface area contributed by atoms with Crippen LogP contribution in [0.15, 0.2) is 24.3 Å². The zero-order chi connectivity index (χ0) is 15.4. The average Bonchev–Trinajstić information content (AvgIpc) is 2.97. The number of piperidine rings is 1. The molecule has 2 N–H and O–H groups in total. The highest BCUT2D eigenvalue weighted by Gasteiger charge is 2.24. The fourth-order valence-corrected chi connectivity index (χ4v) is 3.99. The third-order valence-corrected chi connectivity index (χ3v) is 5.45. The first-order valence-electron chi connectivity index (χ1n) is 8.79. The summed E-state index contributed by atoms with van der Waals surface area (Å²) in [5, 5.41) is 6.62. The molecule has 3 heteroatoms. The van der Waals surface area contributed by atoms with E-state index < -0.39 is 0 Å². The molecule has 0 bridgehead atoms. The van der Waals surface area contributed by atoms with Crippen molar-refractivity contribution in [3.63, 3.8) is 0 Å². The summed E-state index contributed by atoms with van der Waals surface area (Å²) in [4.78, 5) is 12.2. The molecule has 0 saturated carbocycles. The molecule has 3 rings (SSSR count). The normalized spacial score (nSPS) is 25.5. The summed E-state index contributed by atoms with van der Waals surface area (Å²) in [5.74, 6) is 1.87. The van der Waals surface area contributed by atoms with E-state index in [4.69, 9.17) is 0 Å². The van der Waals surface area contributed by atoms with E-state index in [1.807, 2.05) is 0 Å². The third-order valence-electron chi connectivity index (χ3n) is 5.45. The third kappa shape index (κ3) is 3.70. The van der Waals surface area contributed by atoms with Crippen molar-refractivity contribution in [3.05, 3.63) is 35.4 Å². The summed E-state index contributed by atoms with van der Waals surface area (Å²) in [7, 11) is 0. The molecule has 0 aromatic heterocycles. The van der Waals surface area contributed by atoms with Crippen LogP contribution in [0.2, 0.25) is 0 Å². The molecule has 3 atom stereocenters. The molecule has 2 aliphatic rings. The average molecular weight is 300 g/mol. The minimum atomic E-state index is 0.224. The number of nitrogens with one attached hydrogen (secondary N) is 2. The predicted octanol–water partition coefficient (Wildman–Crippen LogP) is 2.86. The Kier molecular flexibility index (Phi) is 5.14. The smallest absolute Gasteiger partial charge is 0.220 e. The van der Waals surface area contributed by atoms with Crippen molar-refractivity contribution in [2.45, 2.75) is 44.9 Å². The van der Waals surface area contributed by atoms with Crippen molar-refractivity contribution in [3.8, 4) is 0 Å². The second kappa shape index (κ2) is 7.28. The van der Waals surface area contributed by atoms with Gasteiger partial charge in [-0.25, -0.2) is 0 Å². The molecule has 3 nitrogen and oxygen atoms in total. The molecule has 1 heterocycles. The van der Waals surface area contributed by atoms with Gasteiger partial charge in [-0.3, -0.25) is 4.79 Å². The zero-order valence-corrected chi connectivity index (χ0v) is 13.6. The SMILES string of the molecule is CC(CC(=O)NCC1CCc2ccccc21)C1CCCNC1. The first-order chi connectivity index (χ1) is 10.7. The van der Waals surface area contributed by atoms with E-state index in [0.29, 0.717) is 24.2 Å². The molecule has 1 fully saturated rings. The lowest BCUT2D eigenvalue weighted by molar-refractivity contribution is -0.122.